The molecule has 1 rings (SSSR count). The highest BCUT2D eigenvalue weighted by Crippen LogP contribution is 2.17. The Labute approximate surface area is 68.8 Å². The summed E-state index contributed by atoms with van der Waals surface area (Å²) in [5, 5.41) is 0. The summed E-state index contributed by atoms with van der Waals surface area (Å²) >= 11 is 0. The number of hydrogen-bond acceptors (Lipinski definition) is 1. The first-order valence-corrected chi connectivity index (χ1v) is 4.08. The van der Waals surface area contributed by atoms with Gasteiger partial charge in [0.05, 0.1) is 6.26 Å². The van der Waals surface area contributed by atoms with Crippen molar-refractivity contribution in [2.24, 2.45) is 5.41 Å². The minimum atomic E-state index is 0.270. The smallest absolute Gasteiger partial charge is 0.119 e. The second-order valence-electron chi connectivity index (χ2n) is 4.01. The number of hydrogen-bond donors (Lipinski definition) is 0. The van der Waals surface area contributed by atoms with E-state index in [0.717, 1.165) is 6.42 Å². The highest BCUT2D eigenvalue weighted by Gasteiger charge is 2.09. The molecule has 0 aromatic rings. The van der Waals surface area contributed by atoms with Gasteiger partial charge in [0.1, 0.15) is 6.10 Å². The van der Waals surface area contributed by atoms with E-state index in [1.165, 1.54) is 0 Å². The van der Waals surface area contributed by atoms with Gasteiger partial charge in [-0.15, -0.1) is 0 Å². The largest absolute Gasteiger partial charge is 0.494 e. The van der Waals surface area contributed by atoms with Crippen LogP contribution in [0.2, 0.25) is 0 Å². The van der Waals surface area contributed by atoms with Gasteiger partial charge in [-0.1, -0.05) is 26.8 Å². The summed E-state index contributed by atoms with van der Waals surface area (Å²) in [5.41, 5.74) is 0.270. The van der Waals surface area contributed by atoms with Gasteiger partial charge in [-0.25, -0.2) is 0 Å². The van der Waals surface area contributed by atoms with Gasteiger partial charge in [-0.05, 0) is 17.6 Å². The Morgan fingerprint density at radius 3 is 2.64 bits per heavy atom. The van der Waals surface area contributed by atoms with Crippen LogP contribution in [0.3, 0.4) is 0 Å². The van der Waals surface area contributed by atoms with Crippen LogP contribution in [-0.2, 0) is 4.74 Å². The first kappa shape index (κ1) is 8.38. The molecule has 0 N–H and O–H groups in total. The fraction of sp³-hybridized carbons (Fsp3) is 0.600. The highest BCUT2D eigenvalue weighted by atomic mass is 16.5. The highest BCUT2D eigenvalue weighted by molar-refractivity contribution is 5.02. The van der Waals surface area contributed by atoms with E-state index in [1.807, 2.05) is 0 Å². The van der Waals surface area contributed by atoms with Gasteiger partial charge in [-0.3, -0.25) is 0 Å². The monoisotopic (exact) mass is 152 g/mol. The van der Waals surface area contributed by atoms with E-state index in [-0.39, 0.29) is 11.5 Å². The van der Waals surface area contributed by atoms with E-state index in [2.05, 4.69) is 39.0 Å². The molecular weight excluding hydrogens is 136 g/mol. The van der Waals surface area contributed by atoms with Crippen molar-refractivity contribution in [3.8, 4) is 0 Å². The van der Waals surface area contributed by atoms with Gasteiger partial charge in [-0.2, -0.15) is 0 Å². The number of ether oxygens (including phenoxy) is 1. The van der Waals surface area contributed by atoms with Gasteiger partial charge in [0.15, 0.2) is 0 Å². The quantitative estimate of drug-likeness (QED) is 0.525. The Kier molecular flexibility index (Phi) is 2.38. The van der Waals surface area contributed by atoms with E-state index in [0.29, 0.717) is 0 Å². The molecule has 0 saturated heterocycles. The maximum absolute atomic E-state index is 5.28. The van der Waals surface area contributed by atoms with Crippen molar-refractivity contribution in [2.75, 3.05) is 0 Å². The molecule has 1 heterocycles. The molecule has 0 amide bonds. The fourth-order valence-electron chi connectivity index (χ4n) is 0.922. The Hall–Kier alpha value is -0.720. The minimum absolute atomic E-state index is 0.270. The third kappa shape index (κ3) is 3.26. The number of rotatable bonds is 1. The molecule has 0 aromatic carbocycles. The van der Waals surface area contributed by atoms with Crippen LogP contribution in [0.5, 0.6) is 0 Å². The van der Waals surface area contributed by atoms with E-state index >= 15 is 0 Å². The van der Waals surface area contributed by atoms with Crippen molar-refractivity contribution in [1.82, 2.24) is 0 Å². The molecule has 0 saturated carbocycles. The van der Waals surface area contributed by atoms with Crippen LogP contribution in [-0.4, -0.2) is 6.10 Å². The average molecular weight is 152 g/mol. The third-order valence-corrected chi connectivity index (χ3v) is 1.53. The summed E-state index contributed by atoms with van der Waals surface area (Å²) in [4.78, 5) is 0. The van der Waals surface area contributed by atoms with Crippen molar-refractivity contribution in [1.29, 1.82) is 0 Å². The summed E-state index contributed by atoms with van der Waals surface area (Å²) in [7, 11) is 0. The molecule has 1 heteroatoms. The zero-order valence-corrected chi connectivity index (χ0v) is 7.50. The third-order valence-electron chi connectivity index (χ3n) is 1.53. The molecule has 1 aliphatic rings. The van der Waals surface area contributed by atoms with Gasteiger partial charge >= 0.3 is 0 Å². The van der Waals surface area contributed by atoms with Gasteiger partial charge in [0, 0.05) is 6.42 Å². The maximum Gasteiger partial charge on any atom is 0.119 e. The molecule has 0 aromatic heterocycles. The van der Waals surface area contributed by atoms with Crippen LogP contribution in [0.15, 0.2) is 24.5 Å². The summed E-state index contributed by atoms with van der Waals surface area (Å²) in [6.45, 7) is 6.56. The van der Waals surface area contributed by atoms with Crippen molar-refractivity contribution in [3.05, 3.63) is 24.5 Å². The molecular formula is C10H16O. The van der Waals surface area contributed by atoms with Crippen LogP contribution in [0.4, 0.5) is 0 Å². The first-order valence-electron chi connectivity index (χ1n) is 4.08. The molecule has 0 radical (unpaired) electrons. The topological polar surface area (TPSA) is 9.23 Å². The summed E-state index contributed by atoms with van der Waals surface area (Å²) < 4.78 is 5.28. The van der Waals surface area contributed by atoms with Crippen molar-refractivity contribution < 1.29 is 4.74 Å². The van der Waals surface area contributed by atoms with E-state index < -0.39 is 0 Å². The van der Waals surface area contributed by atoms with Gasteiger partial charge < -0.3 is 4.74 Å². The van der Waals surface area contributed by atoms with Gasteiger partial charge in [0.2, 0.25) is 0 Å². The lowest BCUT2D eigenvalue weighted by Gasteiger charge is -2.12. The first-order chi connectivity index (χ1) is 5.08. The SMILES string of the molecule is CC(C)(C)/C=C/C1CC=CO1. The van der Waals surface area contributed by atoms with E-state index in [1.54, 1.807) is 6.26 Å². The zero-order chi connectivity index (χ0) is 8.32. The molecule has 0 bridgehead atoms. The van der Waals surface area contributed by atoms with Crippen LogP contribution in [0, 0.1) is 5.41 Å². The molecule has 11 heavy (non-hydrogen) atoms. The molecule has 0 spiro atoms. The van der Waals surface area contributed by atoms with Crippen molar-refractivity contribution >= 4 is 0 Å². The second kappa shape index (κ2) is 3.12. The summed E-state index contributed by atoms with van der Waals surface area (Å²) in [5.74, 6) is 0. The summed E-state index contributed by atoms with van der Waals surface area (Å²) in [6, 6.07) is 0. The molecule has 0 fully saturated rings. The van der Waals surface area contributed by atoms with Gasteiger partial charge in [0.25, 0.3) is 0 Å². The maximum atomic E-state index is 5.28. The average Bonchev–Trinajstić information content (AvgIpc) is 2.32. The second-order valence-corrected chi connectivity index (χ2v) is 4.01. The fourth-order valence-corrected chi connectivity index (χ4v) is 0.922. The van der Waals surface area contributed by atoms with Crippen LogP contribution in [0.25, 0.3) is 0 Å². The van der Waals surface area contributed by atoms with Crippen LogP contribution < -0.4 is 0 Å². The van der Waals surface area contributed by atoms with Crippen LogP contribution in [0.1, 0.15) is 27.2 Å². The molecule has 1 nitrogen and oxygen atoms in total. The van der Waals surface area contributed by atoms with E-state index in [4.69, 9.17) is 4.74 Å². The van der Waals surface area contributed by atoms with Crippen molar-refractivity contribution in [3.63, 3.8) is 0 Å². The standard InChI is InChI=1S/C10H16O/c1-10(2,3)7-6-9-5-4-8-11-9/h4,6-9H,5H2,1-3H3/b7-6+. The normalized spacial score (nSPS) is 24.5. The minimum Gasteiger partial charge on any atom is -0.494 e. The van der Waals surface area contributed by atoms with Crippen molar-refractivity contribution in [2.45, 2.75) is 33.3 Å². The summed E-state index contributed by atoms with van der Waals surface area (Å²) in [6.07, 6.45) is 9.47. The molecule has 1 aliphatic heterocycles. The Bertz CT molecular complexity index is 164. The molecule has 1 unspecified atom stereocenters. The predicted molar refractivity (Wildman–Crippen MR) is 47.2 cm³/mol. The zero-order valence-electron chi connectivity index (χ0n) is 7.50. The lowest BCUT2D eigenvalue weighted by atomic mass is 9.95. The lowest BCUT2D eigenvalue weighted by Crippen LogP contribution is -2.04. The van der Waals surface area contributed by atoms with Crippen LogP contribution >= 0.6 is 0 Å². The number of allylic oxidation sites excluding steroid dienone is 1. The Morgan fingerprint density at radius 1 is 1.45 bits per heavy atom. The molecule has 0 aliphatic carbocycles. The Balaban J connectivity index is 2.36. The predicted octanol–water partition coefficient (Wildman–Crippen LogP) is 2.89. The molecule has 62 valence electrons. The van der Waals surface area contributed by atoms with E-state index in [9.17, 15) is 0 Å². The Morgan fingerprint density at radius 2 is 2.18 bits per heavy atom. The molecule has 1 atom stereocenters. The lowest BCUT2D eigenvalue weighted by molar-refractivity contribution is 0.213.